The summed E-state index contributed by atoms with van der Waals surface area (Å²) < 4.78 is 24.9. The van der Waals surface area contributed by atoms with Gasteiger partial charge >= 0.3 is 5.97 Å². The van der Waals surface area contributed by atoms with Gasteiger partial charge in [0.2, 0.25) is 0 Å². The monoisotopic (exact) mass is 623 g/mol. The van der Waals surface area contributed by atoms with Crippen LogP contribution in [-0.2, 0) is 16.1 Å². The van der Waals surface area contributed by atoms with Gasteiger partial charge in [0.05, 0.1) is 53.3 Å². The van der Waals surface area contributed by atoms with Crippen LogP contribution in [0.2, 0.25) is 0 Å². The molecule has 0 spiro atoms. The number of nitrogens with zero attached hydrogens (tertiary/aromatic N) is 3. The van der Waals surface area contributed by atoms with Gasteiger partial charge in [0.15, 0.2) is 16.3 Å². The summed E-state index contributed by atoms with van der Waals surface area (Å²) in [5.41, 5.74) is 3.20. The molecular formula is C35H33N3O6S. The van der Waals surface area contributed by atoms with E-state index < -0.39 is 12.0 Å². The molecule has 0 bridgehead atoms. The fraction of sp³-hybridized carbons (Fsp3) is 0.257. The van der Waals surface area contributed by atoms with Crippen molar-refractivity contribution in [2.45, 2.75) is 46.4 Å². The third kappa shape index (κ3) is 6.69. The molecule has 3 aromatic carbocycles. The molecule has 0 radical (unpaired) electrons. The van der Waals surface area contributed by atoms with Crippen molar-refractivity contribution in [3.63, 3.8) is 0 Å². The third-order valence-corrected chi connectivity index (χ3v) is 8.05. The van der Waals surface area contributed by atoms with Crippen molar-refractivity contribution in [1.29, 1.82) is 5.26 Å². The molecule has 0 amide bonds. The Morgan fingerprint density at radius 2 is 1.91 bits per heavy atom. The van der Waals surface area contributed by atoms with Crippen LogP contribution in [0.3, 0.4) is 0 Å². The van der Waals surface area contributed by atoms with E-state index >= 15 is 0 Å². The zero-order valence-corrected chi connectivity index (χ0v) is 26.5. The maximum absolute atomic E-state index is 14.1. The number of fused-ring (bicyclic) bond motifs is 1. The normalized spacial score (nSPS) is 14.4. The quantitative estimate of drug-likeness (QED) is 0.228. The highest BCUT2D eigenvalue weighted by atomic mass is 32.1. The van der Waals surface area contributed by atoms with E-state index in [0.29, 0.717) is 43.4 Å². The minimum absolute atomic E-state index is 0.0723. The van der Waals surface area contributed by atoms with E-state index in [2.05, 4.69) is 11.1 Å². The van der Waals surface area contributed by atoms with E-state index in [1.807, 2.05) is 62.4 Å². The van der Waals surface area contributed by atoms with Crippen LogP contribution < -0.4 is 29.1 Å². The lowest BCUT2D eigenvalue weighted by Gasteiger charge is -2.25. The number of benzene rings is 3. The van der Waals surface area contributed by atoms with E-state index in [1.54, 1.807) is 45.2 Å². The Kier molecular flexibility index (Phi) is 9.50. The molecule has 10 heteroatoms. The molecule has 0 saturated carbocycles. The summed E-state index contributed by atoms with van der Waals surface area (Å²) in [5.74, 6) is 1.09. The molecular weight excluding hydrogens is 590 g/mol. The summed E-state index contributed by atoms with van der Waals surface area (Å²) in [5, 5.41) is 9.38. The van der Waals surface area contributed by atoms with Crippen LogP contribution in [0.4, 0.5) is 0 Å². The number of hydrogen-bond acceptors (Lipinski definition) is 9. The summed E-state index contributed by atoms with van der Waals surface area (Å²) >= 11 is 1.24. The van der Waals surface area contributed by atoms with Crippen molar-refractivity contribution in [3.05, 3.63) is 120 Å². The van der Waals surface area contributed by atoms with Crippen molar-refractivity contribution in [2.24, 2.45) is 4.99 Å². The number of rotatable bonds is 10. The number of esters is 1. The maximum Gasteiger partial charge on any atom is 0.338 e. The van der Waals surface area contributed by atoms with E-state index in [-0.39, 0.29) is 30.5 Å². The molecule has 4 aromatic rings. The standard InChI is InChI=1S/C35H33N3O6S/c1-6-42-34(40)31-22(4)37-35-38(32(31)24-14-15-28(44-21(2)3)29(18-24)41-5)33(39)30(45-35)17-23-10-9-13-27(16-23)43-20-26-12-8-7-11-25(26)19-36/h7-18,21,32H,6,20H2,1-5H3/b30-17+/t32-/m0/s1. The number of allylic oxidation sites excluding steroid dienone is 1. The molecule has 5 rings (SSSR count). The molecule has 0 unspecified atom stereocenters. The number of aromatic nitrogens is 1. The van der Waals surface area contributed by atoms with E-state index in [0.717, 1.165) is 11.1 Å². The molecule has 1 atom stereocenters. The summed E-state index contributed by atoms with van der Waals surface area (Å²) in [6.45, 7) is 7.74. The fourth-order valence-electron chi connectivity index (χ4n) is 5.07. The second-order valence-electron chi connectivity index (χ2n) is 10.5. The first-order valence-electron chi connectivity index (χ1n) is 14.5. The number of carbonyl (C=O) groups excluding carboxylic acids is 1. The van der Waals surface area contributed by atoms with Crippen LogP contribution in [0.15, 0.2) is 87.8 Å². The van der Waals surface area contributed by atoms with E-state index in [1.165, 1.54) is 15.9 Å². The zero-order valence-electron chi connectivity index (χ0n) is 25.7. The van der Waals surface area contributed by atoms with Gasteiger partial charge in [-0.2, -0.15) is 5.26 Å². The molecule has 1 aromatic heterocycles. The van der Waals surface area contributed by atoms with Gasteiger partial charge in [0.25, 0.3) is 5.56 Å². The zero-order chi connectivity index (χ0) is 32.1. The molecule has 2 heterocycles. The van der Waals surface area contributed by atoms with Crippen LogP contribution in [0, 0.1) is 11.3 Å². The minimum Gasteiger partial charge on any atom is -0.493 e. The van der Waals surface area contributed by atoms with Gasteiger partial charge < -0.3 is 18.9 Å². The Balaban J connectivity index is 1.57. The van der Waals surface area contributed by atoms with Crippen molar-refractivity contribution >= 4 is 23.4 Å². The summed E-state index contributed by atoms with van der Waals surface area (Å²) in [4.78, 5) is 32.5. The van der Waals surface area contributed by atoms with Gasteiger partial charge in [-0.25, -0.2) is 9.79 Å². The Morgan fingerprint density at radius 1 is 1.11 bits per heavy atom. The number of hydrogen-bond donors (Lipinski definition) is 0. The minimum atomic E-state index is -0.792. The number of thiazole rings is 1. The second kappa shape index (κ2) is 13.7. The molecule has 9 nitrogen and oxygen atoms in total. The lowest BCUT2D eigenvalue weighted by molar-refractivity contribution is -0.139. The Morgan fingerprint density at radius 3 is 2.64 bits per heavy atom. The Labute approximate surface area is 264 Å². The molecule has 45 heavy (non-hydrogen) atoms. The highest BCUT2D eigenvalue weighted by Gasteiger charge is 2.34. The molecule has 1 aliphatic rings. The Bertz CT molecular complexity index is 2000. The average molecular weight is 624 g/mol. The van der Waals surface area contributed by atoms with Gasteiger partial charge in [-0.3, -0.25) is 9.36 Å². The first-order chi connectivity index (χ1) is 21.7. The summed E-state index contributed by atoms with van der Waals surface area (Å²) in [6, 6.07) is 21.4. The van der Waals surface area contributed by atoms with Crippen molar-refractivity contribution < 1.29 is 23.7 Å². The van der Waals surface area contributed by atoms with Gasteiger partial charge in [-0.05, 0) is 75.2 Å². The molecule has 0 saturated heterocycles. The largest absolute Gasteiger partial charge is 0.493 e. The van der Waals surface area contributed by atoms with Gasteiger partial charge in [0, 0.05) is 5.56 Å². The number of methoxy groups -OCH3 is 1. The average Bonchev–Trinajstić information content (AvgIpc) is 3.33. The maximum atomic E-state index is 14.1. The van der Waals surface area contributed by atoms with Crippen LogP contribution in [-0.4, -0.2) is 30.4 Å². The second-order valence-corrected chi connectivity index (χ2v) is 11.5. The predicted molar refractivity (Wildman–Crippen MR) is 171 cm³/mol. The smallest absolute Gasteiger partial charge is 0.338 e. The van der Waals surface area contributed by atoms with Gasteiger partial charge in [-0.1, -0.05) is 47.7 Å². The highest BCUT2D eigenvalue weighted by molar-refractivity contribution is 7.07. The fourth-order valence-corrected chi connectivity index (χ4v) is 6.12. The number of nitriles is 1. The van der Waals surface area contributed by atoms with Gasteiger partial charge in [0.1, 0.15) is 12.4 Å². The van der Waals surface area contributed by atoms with Crippen LogP contribution in [0.1, 0.15) is 56.0 Å². The van der Waals surface area contributed by atoms with Crippen molar-refractivity contribution in [2.75, 3.05) is 13.7 Å². The van der Waals surface area contributed by atoms with Crippen LogP contribution in [0.25, 0.3) is 6.08 Å². The first-order valence-corrected chi connectivity index (χ1v) is 15.3. The molecule has 0 N–H and O–H groups in total. The van der Waals surface area contributed by atoms with Crippen LogP contribution >= 0.6 is 11.3 Å². The first kappa shape index (κ1) is 31.3. The van der Waals surface area contributed by atoms with Crippen molar-refractivity contribution in [3.8, 4) is 23.3 Å². The lowest BCUT2D eigenvalue weighted by Crippen LogP contribution is -2.40. The van der Waals surface area contributed by atoms with E-state index in [4.69, 9.17) is 18.9 Å². The molecule has 0 fully saturated rings. The van der Waals surface area contributed by atoms with Crippen molar-refractivity contribution in [1.82, 2.24) is 4.57 Å². The number of carbonyl (C=O) groups is 1. The van der Waals surface area contributed by atoms with Gasteiger partial charge in [-0.15, -0.1) is 0 Å². The molecule has 230 valence electrons. The summed E-state index contributed by atoms with van der Waals surface area (Å²) in [7, 11) is 1.55. The molecule has 1 aliphatic heterocycles. The number of ether oxygens (including phenoxy) is 4. The highest BCUT2D eigenvalue weighted by Crippen LogP contribution is 2.36. The van der Waals surface area contributed by atoms with Crippen LogP contribution in [0.5, 0.6) is 17.2 Å². The van der Waals surface area contributed by atoms with E-state index in [9.17, 15) is 14.9 Å². The third-order valence-electron chi connectivity index (χ3n) is 7.07. The summed E-state index contributed by atoms with van der Waals surface area (Å²) in [6.07, 6.45) is 1.71. The topological polar surface area (TPSA) is 112 Å². The molecule has 0 aliphatic carbocycles. The predicted octanol–water partition coefficient (Wildman–Crippen LogP) is 5.04. The lowest BCUT2D eigenvalue weighted by atomic mass is 9.95. The Hall–Kier alpha value is -5.14. The SMILES string of the molecule is CCOC(=O)C1=C(C)N=c2s/c(=C/c3cccc(OCc4ccccc4C#N)c3)c(=O)n2[C@H]1c1ccc(OC(C)C)c(OC)c1.